The summed E-state index contributed by atoms with van der Waals surface area (Å²) in [5.41, 5.74) is 1.78. The normalized spacial score (nSPS) is 18.4. The van der Waals surface area contributed by atoms with Gasteiger partial charge in [-0.1, -0.05) is 12.1 Å². The summed E-state index contributed by atoms with van der Waals surface area (Å²) < 4.78 is 4.80. The van der Waals surface area contributed by atoms with Gasteiger partial charge in [0.05, 0.1) is 18.7 Å². The average Bonchev–Trinajstić information content (AvgIpc) is 2.46. The van der Waals surface area contributed by atoms with Gasteiger partial charge in [0, 0.05) is 10.6 Å². The van der Waals surface area contributed by atoms with E-state index in [0.29, 0.717) is 11.3 Å². The van der Waals surface area contributed by atoms with E-state index in [0.717, 1.165) is 10.5 Å². The van der Waals surface area contributed by atoms with Gasteiger partial charge in [0.2, 0.25) is 0 Å². The van der Waals surface area contributed by atoms with Crippen molar-refractivity contribution in [1.82, 2.24) is 10.6 Å². The maximum absolute atomic E-state index is 11.9. The third-order valence-corrected chi connectivity index (χ3v) is 3.87. The fourth-order valence-corrected chi connectivity index (χ4v) is 2.53. The number of allylic oxidation sites excluding steroid dienone is 1. The number of methoxy groups -OCH3 is 1. The third-order valence-electron chi connectivity index (χ3n) is 3.12. The Kier molecular flexibility index (Phi) is 4.34. The number of esters is 1. The molecule has 2 N–H and O–H groups in total. The third kappa shape index (κ3) is 2.80. The van der Waals surface area contributed by atoms with Gasteiger partial charge in [0.1, 0.15) is 0 Å². The molecule has 2 amide bonds. The predicted octanol–water partition coefficient (Wildman–Crippen LogP) is 2.21. The largest absolute Gasteiger partial charge is 0.466 e. The lowest BCUT2D eigenvalue weighted by Crippen LogP contribution is -2.45. The second kappa shape index (κ2) is 6.00. The van der Waals surface area contributed by atoms with Crippen molar-refractivity contribution >= 4 is 23.8 Å². The smallest absolute Gasteiger partial charge is 0.337 e. The standard InChI is InChI=1S/C14H16N2O3S/c1-8-11(13(17)19-2)12(16-14(18)15-8)9-4-6-10(20-3)7-5-9/h4-7,12H,1-3H3,(H2,15,16,18). The summed E-state index contributed by atoms with van der Waals surface area (Å²) in [5.74, 6) is -0.450. The summed E-state index contributed by atoms with van der Waals surface area (Å²) in [5, 5.41) is 5.34. The lowest BCUT2D eigenvalue weighted by atomic mass is 9.96. The zero-order valence-electron chi connectivity index (χ0n) is 11.5. The van der Waals surface area contributed by atoms with E-state index in [1.54, 1.807) is 18.7 Å². The molecule has 0 saturated heterocycles. The molecular formula is C14H16N2O3S. The highest BCUT2D eigenvalue weighted by molar-refractivity contribution is 7.98. The first-order chi connectivity index (χ1) is 9.56. The fourth-order valence-electron chi connectivity index (χ4n) is 2.12. The summed E-state index contributed by atoms with van der Waals surface area (Å²) in [6.07, 6.45) is 1.99. The number of ether oxygens (including phenoxy) is 1. The molecule has 0 saturated carbocycles. The molecular weight excluding hydrogens is 276 g/mol. The van der Waals surface area contributed by atoms with Crippen LogP contribution in [0, 0.1) is 0 Å². The Morgan fingerprint density at radius 1 is 1.30 bits per heavy atom. The first-order valence-electron chi connectivity index (χ1n) is 6.07. The van der Waals surface area contributed by atoms with E-state index in [1.165, 1.54) is 7.11 Å². The molecule has 1 aliphatic heterocycles. The highest BCUT2D eigenvalue weighted by Gasteiger charge is 2.31. The molecule has 1 aliphatic rings. The van der Waals surface area contributed by atoms with Crippen LogP contribution in [0.2, 0.25) is 0 Å². The number of carbonyl (C=O) groups is 2. The number of hydrogen-bond acceptors (Lipinski definition) is 4. The van der Waals surface area contributed by atoms with Crippen molar-refractivity contribution in [2.24, 2.45) is 0 Å². The molecule has 1 aromatic rings. The molecule has 1 atom stereocenters. The van der Waals surface area contributed by atoms with E-state index in [4.69, 9.17) is 4.74 Å². The Hall–Kier alpha value is -1.95. The highest BCUT2D eigenvalue weighted by Crippen LogP contribution is 2.28. The van der Waals surface area contributed by atoms with Crippen molar-refractivity contribution < 1.29 is 14.3 Å². The van der Waals surface area contributed by atoms with Crippen molar-refractivity contribution in [1.29, 1.82) is 0 Å². The van der Waals surface area contributed by atoms with E-state index in [9.17, 15) is 9.59 Å². The van der Waals surface area contributed by atoms with Crippen molar-refractivity contribution in [2.45, 2.75) is 17.9 Å². The number of amides is 2. The molecule has 0 spiro atoms. The number of urea groups is 1. The van der Waals surface area contributed by atoms with Gasteiger partial charge in [-0.05, 0) is 30.9 Å². The summed E-state index contributed by atoms with van der Waals surface area (Å²) in [4.78, 5) is 24.7. The van der Waals surface area contributed by atoms with Gasteiger partial charge in [0.25, 0.3) is 0 Å². The number of thioether (sulfide) groups is 1. The lowest BCUT2D eigenvalue weighted by Gasteiger charge is -2.27. The summed E-state index contributed by atoms with van der Waals surface area (Å²) in [7, 11) is 1.33. The first-order valence-corrected chi connectivity index (χ1v) is 7.30. The predicted molar refractivity (Wildman–Crippen MR) is 77.3 cm³/mol. The van der Waals surface area contributed by atoms with Gasteiger partial charge in [-0.3, -0.25) is 0 Å². The topological polar surface area (TPSA) is 67.4 Å². The second-order valence-corrected chi connectivity index (χ2v) is 5.21. The maximum Gasteiger partial charge on any atom is 0.337 e. The Morgan fingerprint density at radius 2 is 1.95 bits per heavy atom. The van der Waals surface area contributed by atoms with Crippen LogP contribution in [0.15, 0.2) is 40.4 Å². The van der Waals surface area contributed by atoms with Crippen molar-refractivity contribution in [3.63, 3.8) is 0 Å². The van der Waals surface area contributed by atoms with Gasteiger partial charge < -0.3 is 15.4 Å². The Bertz CT molecular complexity index is 566. The van der Waals surface area contributed by atoms with Crippen LogP contribution in [-0.4, -0.2) is 25.4 Å². The van der Waals surface area contributed by atoms with E-state index in [-0.39, 0.29) is 6.03 Å². The van der Waals surface area contributed by atoms with E-state index in [1.807, 2.05) is 30.5 Å². The number of hydrogen-bond donors (Lipinski definition) is 2. The van der Waals surface area contributed by atoms with E-state index < -0.39 is 12.0 Å². The van der Waals surface area contributed by atoms with E-state index in [2.05, 4.69) is 10.6 Å². The van der Waals surface area contributed by atoms with Crippen LogP contribution < -0.4 is 10.6 Å². The molecule has 5 nitrogen and oxygen atoms in total. The average molecular weight is 292 g/mol. The molecule has 1 heterocycles. The zero-order valence-corrected chi connectivity index (χ0v) is 12.3. The minimum absolute atomic E-state index is 0.325. The number of rotatable bonds is 3. The monoisotopic (exact) mass is 292 g/mol. The maximum atomic E-state index is 11.9. The van der Waals surface area contributed by atoms with E-state index >= 15 is 0 Å². The molecule has 2 rings (SSSR count). The molecule has 6 heteroatoms. The Morgan fingerprint density at radius 3 is 2.50 bits per heavy atom. The van der Waals surface area contributed by atoms with Crippen molar-refractivity contribution in [3.05, 3.63) is 41.1 Å². The molecule has 0 aromatic heterocycles. The highest BCUT2D eigenvalue weighted by atomic mass is 32.2. The zero-order chi connectivity index (χ0) is 14.7. The molecule has 0 aliphatic carbocycles. The molecule has 0 bridgehead atoms. The molecule has 0 radical (unpaired) electrons. The van der Waals surface area contributed by atoms with Crippen molar-refractivity contribution in [3.8, 4) is 0 Å². The lowest BCUT2D eigenvalue weighted by molar-refractivity contribution is -0.136. The SMILES string of the molecule is COC(=O)C1=C(C)NC(=O)NC1c1ccc(SC)cc1. The number of benzene rings is 1. The fraction of sp³-hybridized carbons (Fsp3) is 0.286. The van der Waals surface area contributed by atoms with Gasteiger partial charge in [0.15, 0.2) is 0 Å². The second-order valence-electron chi connectivity index (χ2n) is 4.33. The molecule has 20 heavy (non-hydrogen) atoms. The number of nitrogens with one attached hydrogen (secondary N) is 2. The van der Waals surface area contributed by atoms with Gasteiger partial charge in [-0.15, -0.1) is 11.8 Å². The van der Waals surface area contributed by atoms with Crippen LogP contribution in [0.25, 0.3) is 0 Å². The summed E-state index contributed by atoms with van der Waals surface area (Å²) in [6.45, 7) is 1.69. The van der Waals surface area contributed by atoms with Crippen LogP contribution in [0.5, 0.6) is 0 Å². The first kappa shape index (κ1) is 14.5. The minimum atomic E-state index is -0.493. The molecule has 0 fully saturated rings. The summed E-state index contributed by atoms with van der Waals surface area (Å²) >= 11 is 1.63. The van der Waals surface area contributed by atoms with Crippen LogP contribution in [0.4, 0.5) is 4.79 Å². The Labute approximate surface area is 121 Å². The molecule has 1 aromatic carbocycles. The molecule has 106 valence electrons. The van der Waals surface area contributed by atoms with Gasteiger partial charge in [-0.25, -0.2) is 9.59 Å². The van der Waals surface area contributed by atoms with Crippen LogP contribution in [0.1, 0.15) is 18.5 Å². The van der Waals surface area contributed by atoms with Gasteiger partial charge in [-0.2, -0.15) is 0 Å². The number of carbonyl (C=O) groups excluding carboxylic acids is 2. The van der Waals surface area contributed by atoms with Crippen molar-refractivity contribution in [2.75, 3.05) is 13.4 Å². The summed E-state index contributed by atoms with van der Waals surface area (Å²) in [6, 6.07) is 6.90. The quantitative estimate of drug-likeness (QED) is 0.662. The van der Waals surface area contributed by atoms with Gasteiger partial charge >= 0.3 is 12.0 Å². The van der Waals surface area contributed by atoms with Crippen LogP contribution >= 0.6 is 11.8 Å². The minimum Gasteiger partial charge on any atom is -0.466 e. The molecule has 1 unspecified atom stereocenters. The van der Waals surface area contributed by atoms with Crippen LogP contribution in [0.3, 0.4) is 0 Å². The van der Waals surface area contributed by atoms with Crippen LogP contribution in [-0.2, 0) is 9.53 Å². The Balaban J connectivity index is 2.42.